The minimum Gasteiger partial charge on any atom is -0.497 e. The molecule has 1 aliphatic rings. The number of likely N-dealkylation sites (tertiary alicyclic amines) is 1. The fourth-order valence-electron chi connectivity index (χ4n) is 4.69. The topological polar surface area (TPSA) is 129 Å². The zero-order valence-corrected chi connectivity index (χ0v) is 25.2. The Kier molecular flexibility index (Phi) is 10.3. The number of nitrogens with one attached hydrogen (secondary N) is 2. The van der Waals surface area contributed by atoms with Gasteiger partial charge in [-0.05, 0) is 72.9 Å². The highest BCUT2D eigenvalue weighted by atomic mass is 35.5. The lowest BCUT2D eigenvalue weighted by atomic mass is 10.0. The van der Waals surface area contributed by atoms with Crippen LogP contribution in [0, 0.1) is 11.3 Å². The van der Waals surface area contributed by atoms with Gasteiger partial charge in [-0.3, -0.25) is 14.3 Å². The molecule has 4 rings (SSSR count). The fourth-order valence-corrected chi connectivity index (χ4v) is 6.35. The summed E-state index contributed by atoms with van der Waals surface area (Å²) in [6.45, 7) is 1.12. The number of ether oxygens (including phenoxy) is 1. The summed E-state index contributed by atoms with van der Waals surface area (Å²) in [5, 5.41) is 10.7. The molecule has 3 aromatic rings. The molecule has 42 heavy (non-hydrogen) atoms. The second-order valence-electron chi connectivity index (χ2n) is 9.92. The number of hydrogen-bond acceptors (Lipinski definition) is 6. The highest BCUT2D eigenvalue weighted by Gasteiger charge is 2.37. The van der Waals surface area contributed by atoms with Gasteiger partial charge in [-0.15, -0.1) is 0 Å². The Morgan fingerprint density at radius 3 is 2.17 bits per heavy atom. The number of carbonyl (C=O) groups is 2. The van der Waals surface area contributed by atoms with E-state index in [1.807, 2.05) is 0 Å². The lowest BCUT2D eigenvalue weighted by Gasteiger charge is -2.26. The quantitative estimate of drug-likeness (QED) is 0.320. The number of anilines is 1. The molecule has 3 aromatic carbocycles. The van der Waals surface area contributed by atoms with Crippen LogP contribution in [0.5, 0.6) is 5.75 Å². The van der Waals surface area contributed by atoms with E-state index >= 15 is 0 Å². The molecule has 2 amide bonds. The van der Waals surface area contributed by atoms with Crippen molar-refractivity contribution in [3.05, 3.63) is 93.5 Å². The van der Waals surface area contributed by atoms with Crippen molar-refractivity contribution >= 4 is 50.7 Å². The summed E-state index contributed by atoms with van der Waals surface area (Å²) in [7, 11) is -2.83. The van der Waals surface area contributed by atoms with Gasteiger partial charge < -0.3 is 15.0 Å². The lowest BCUT2D eigenvalue weighted by Crippen LogP contribution is -2.53. The Labute approximate surface area is 255 Å². The Morgan fingerprint density at radius 1 is 0.952 bits per heavy atom. The molecule has 0 radical (unpaired) electrons. The van der Waals surface area contributed by atoms with Crippen LogP contribution in [-0.4, -0.2) is 56.6 Å². The Bertz CT molecular complexity index is 1570. The largest absolute Gasteiger partial charge is 0.497 e. The van der Waals surface area contributed by atoms with Gasteiger partial charge in [0.05, 0.1) is 34.5 Å². The molecule has 0 bridgehead atoms. The number of halogens is 2. The number of hydrogen-bond donors (Lipinski definition) is 2. The first-order valence-electron chi connectivity index (χ1n) is 13.3. The summed E-state index contributed by atoms with van der Waals surface area (Å²) in [6.07, 6.45) is 1.66. The molecule has 9 nitrogen and oxygen atoms in total. The van der Waals surface area contributed by atoms with Crippen LogP contribution in [0.4, 0.5) is 5.69 Å². The van der Waals surface area contributed by atoms with Crippen molar-refractivity contribution < 1.29 is 22.7 Å². The molecule has 12 heteroatoms. The standard InChI is InChI=1S/C30H30Cl2N4O5S/c1-41-24-11-8-21(9-12-24)17-28(42(39,40)35-23-10-13-25(31)26(32)18-23)29(37)34-27(30(38)36-14-2-3-15-36)16-20-4-6-22(19-33)7-5-20/h4-13,18,27-28,35H,2-3,14-17H2,1H3,(H,34,37). The van der Waals surface area contributed by atoms with E-state index in [2.05, 4.69) is 16.1 Å². The third kappa shape index (κ3) is 7.94. The van der Waals surface area contributed by atoms with Crippen molar-refractivity contribution in [1.29, 1.82) is 5.26 Å². The normalized spacial score (nSPS) is 14.5. The first kappa shape index (κ1) is 31.2. The number of benzene rings is 3. The maximum Gasteiger partial charge on any atom is 0.245 e. The van der Waals surface area contributed by atoms with Gasteiger partial charge in [0.1, 0.15) is 11.8 Å². The molecule has 2 atom stereocenters. The predicted octanol–water partition coefficient (Wildman–Crippen LogP) is 4.58. The zero-order valence-electron chi connectivity index (χ0n) is 22.8. The van der Waals surface area contributed by atoms with Gasteiger partial charge in [-0.25, -0.2) is 8.42 Å². The molecular weight excluding hydrogens is 599 g/mol. The zero-order chi connectivity index (χ0) is 30.3. The molecule has 1 fully saturated rings. The van der Waals surface area contributed by atoms with E-state index in [4.69, 9.17) is 33.2 Å². The van der Waals surface area contributed by atoms with Crippen molar-refractivity contribution in [1.82, 2.24) is 10.2 Å². The van der Waals surface area contributed by atoms with Crippen LogP contribution in [-0.2, 0) is 32.5 Å². The van der Waals surface area contributed by atoms with Crippen LogP contribution in [0.1, 0.15) is 29.5 Å². The minimum atomic E-state index is -4.35. The van der Waals surface area contributed by atoms with Crippen LogP contribution in [0.3, 0.4) is 0 Å². The fraction of sp³-hybridized carbons (Fsp3) is 0.300. The smallest absolute Gasteiger partial charge is 0.245 e. The highest BCUT2D eigenvalue weighted by molar-refractivity contribution is 7.94. The maximum atomic E-state index is 13.8. The van der Waals surface area contributed by atoms with Gasteiger partial charge in [-0.2, -0.15) is 5.26 Å². The number of sulfonamides is 1. The number of nitriles is 1. The second kappa shape index (κ2) is 13.9. The summed E-state index contributed by atoms with van der Waals surface area (Å²) in [5.41, 5.74) is 1.89. The van der Waals surface area contributed by atoms with Crippen molar-refractivity contribution in [3.63, 3.8) is 0 Å². The van der Waals surface area contributed by atoms with E-state index in [1.165, 1.54) is 25.3 Å². The molecule has 0 saturated carbocycles. The van der Waals surface area contributed by atoms with Crippen LogP contribution >= 0.6 is 23.2 Å². The van der Waals surface area contributed by atoms with Crippen molar-refractivity contribution in [2.45, 2.75) is 37.0 Å². The molecule has 0 aliphatic carbocycles. The van der Waals surface area contributed by atoms with Crippen molar-refractivity contribution in [3.8, 4) is 11.8 Å². The molecule has 1 heterocycles. The summed E-state index contributed by atoms with van der Waals surface area (Å²) in [4.78, 5) is 29.0. The Morgan fingerprint density at radius 2 is 1.57 bits per heavy atom. The number of nitrogens with zero attached hydrogens (tertiary/aromatic N) is 2. The summed E-state index contributed by atoms with van der Waals surface area (Å²) in [6, 6.07) is 18.7. The van der Waals surface area contributed by atoms with Crippen LogP contribution in [0.15, 0.2) is 66.7 Å². The highest BCUT2D eigenvalue weighted by Crippen LogP contribution is 2.27. The number of methoxy groups -OCH3 is 1. The van der Waals surface area contributed by atoms with Crippen molar-refractivity contribution in [2.24, 2.45) is 0 Å². The minimum absolute atomic E-state index is 0.127. The Balaban J connectivity index is 1.64. The molecule has 1 aliphatic heterocycles. The predicted molar refractivity (Wildman–Crippen MR) is 162 cm³/mol. The summed E-state index contributed by atoms with van der Waals surface area (Å²) >= 11 is 12.1. The van der Waals surface area contributed by atoms with Crippen LogP contribution in [0.25, 0.3) is 0 Å². The monoisotopic (exact) mass is 628 g/mol. The first-order valence-corrected chi connectivity index (χ1v) is 15.6. The lowest BCUT2D eigenvalue weighted by molar-refractivity contribution is -0.135. The SMILES string of the molecule is COc1ccc(CC(C(=O)NC(Cc2ccc(C#N)cc2)C(=O)N2CCCC2)S(=O)(=O)Nc2ccc(Cl)c(Cl)c2)cc1. The summed E-state index contributed by atoms with van der Waals surface area (Å²) in [5.74, 6) is -0.539. The van der Waals surface area contributed by atoms with Gasteiger partial charge in [0.25, 0.3) is 0 Å². The third-order valence-corrected chi connectivity index (χ3v) is 9.37. The molecule has 2 unspecified atom stereocenters. The number of carbonyl (C=O) groups excluding carboxylic acids is 2. The third-order valence-electron chi connectivity index (χ3n) is 6.98. The van der Waals surface area contributed by atoms with Gasteiger partial charge in [0, 0.05) is 19.5 Å². The van der Waals surface area contributed by atoms with Gasteiger partial charge in [-0.1, -0.05) is 47.5 Å². The second-order valence-corrected chi connectivity index (χ2v) is 12.6. The molecule has 2 N–H and O–H groups in total. The van der Waals surface area contributed by atoms with E-state index in [0.717, 1.165) is 18.4 Å². The van der Waals surface area contributed by atoms with Crippen molar-refractivity contribution in [2.75, 3.05) is 24.9 Å². The Hall–Kier alpha value is -3.78. The molecule has 220 valence electrons. The average molecular weight is 630 g/mol. The van der Waals surface area contributed by atoms with Crippen LogP contribution in [0.2, 0.25) is 10.0 Å². The number of amides is 2. The van der Waals surface area contributed by atoms with Gasteiger partial charge in [0.15, 0.2) is 5.25 Å². The van der Waals surface area contributed by atoms with E-state index in [0.29, 0.717) is 30.0 Å². The molecule has 0 spiro atoms. The molecule has 0 aromatic heterocycles. The number of rotatable bonds is 11. The first-order chi connectivity index (χ1) is 20.1. The van der Waals surface area contributed by atoms with E-state index in [-0.39, 0.29) is 34.5 Å². The van der Waals surface area contributed by atoms with Crippen LogP contribution < -0.4 is 14.8 Å². The van der Waals surface area contributed by atoms with Gasteiger partial charge >= 0.3 is 0 Å². The van der Waals surface area contributed by atoms with E-state index in [9.17, 15) is 18.0 Å². The molecule has 1 saturated heterocycles. The maximum absolute atomic E-state index is 13.8. The average Bonchev–Trinajstić information content (AvgIpc) is 3.53. The van der Waals surface area contributed by atoms with E-state index < -0.39 is 27.2 Å². The summed E-state index contributed by atoms with van der Waals surface area (Å²) < 4.78 is 35.0. The molecular formula is C30H30Cl2N4O5S. The van der Waals surface area contributed by atoms with E-state index in [1.54, 1.807) is 53.4 Å². The van der Waals surface area contributed by atoms with Gasteiger partial charge in [0.2, 0.25) is 21.8 Å².